The molecule has 2 aliphatic carbocycles. The van der Waals surface area contributed by atoms with Gasteiger partial charge >= 0.3 is 0 Å². The van der Waals surface area contributed by atoms with Gasteiger partial charge in [0, 0.05) is 35.3 Å². The normalized spacial score (nSPS) is 40.6. The third-order valence-corrected chi connectivity index (χ3v) is 8.32. The van der Waals surface area contributed by atoms with Crippen molar-refractivity contribution in [2.24, 2.45) is 16.3 Å². The molecule has 4 nitrogen and oxygen atoms in total. The van der Waals surface area contributed by atoms with Crippen LogP contribution >= 0.6 is 11.8 Å². The second-order valence-electron chi connectivity index (χ2n) is 8.40. The number of guanidine groups is 1. The van der Waals surface area contributed by atoms with E-state index < -0.39 is 0 Å². The summed E-state index contributed by atoms with van der Waals surface area (Å²) >= 11 is 2.09. The summed E-state index contributed by atoms with van der Waals surface area (Å²) < 4.78 is 6.45. The Morgan fingerprint density at radius 1 is 1.25 bits per heavy atom. The van der Waals surface area contributed by atoms with Crippen molar-refractivity contribution in [3.63, 3.8) is 0 Å². The second-order valence-corrected chi connectivity index (χ2v) is 10.1. The molecule has 4 unspecified atom stereocenters. The van der Waals surface area contributed by atoms with Gasteiger partial charge in [-0.15, -0.1) is 0 Å². The number of nitrogens with zero attached hydrogens (tertiary/aromatic N) is 1. The van der Waals surface area contributed by atoms with Gasteiger partial charge in [-0.05, 0) is 51.7 Å². The highest BCUT2D eigenvalue weighted by Crippen LogP contribution is 2.60. The topological polar surface area (TPSA) is 45.7 Å². The lowest BCUT2D eigenvalue weighted by atomic mass is 9.54. The Hall–Kier alpha value is -0.420. The van der Waals surface area contributed by atoms with E-state index in [2.05, 4.69) is 36.2 Å². The van der Waals surface area contributed by atoms with Crippen LogP contribution in [-0.2, 0) is 4.74 Å². The average Bonchev–Trinajstić information content (AvgIpc) is 3.29. The standard InChI is InChI=1S/C19H33N3OS/c1-3-20-17(21-13-18(2)8-6-12-24-18)22-15-14-7-11-23-16(14)19(15)9-4-5-10-19/h14-16H,3-13H2,1-2H3,(H2,20,21,22). The molecular weight excluding hydrogens is 318 g/mol. The van der Waals surface area contributed by atoms with E-state index in [1.54, 1.807) is 0 Å². The van der Waals surface area contributed by atoms with Gasteiger partial charge in [0.15, 0.2) is 5.96 Å². The van der Waals surface area contributed by atoms with Gasteiger partial charge in [-0.2, -0.15) is 11.8 Å². The molecule has 0 bridgehead atoms. The first-order valence-electron chi connectivity index (χ1n) is 9.97. The number of hydrogen-bond acceptors (Lipinski definition) is 3. The quantitative estimate of drug-likeness (QED) is 0.603. The lowest BCUT2D eigenvalue weighted by molar-refractivity contribution is -0.125. The first kappa shape index (κ1) is 17.0. The van der Waals surface area contributed by atoms with Crippen molar-refractivity contribution in [1.82, 2.24) is 10.6 Å². The summed E-state index contributed by atoms with van der Waals surface area (Å²) in [6.07, 6.45) is 9.78. The van der Waals surface area contributed by atoms with E-state index in [-0.39, 0.29) is 0 Å². The fourth-order valence-electron chi connectivity index (χ4n) is 5.58. The van der Waals surface area contributed by atoms with Crippen molar-refractivity contribution in [3.05, 3.63) is 0 Å². The van der Waals surface area contributed by atoms with E-state index in [9.17, 15) is 0 Å². The zero-order valence-electron chi connectivity index (χ0n) is 15.3. The molecule has 4 fully saturated rings. The van der Waals surface area contributed by atoms with Crippen LogP contribution in [0.5, 0.6) is 0 Å². The highest BCUT2D eigenvalue weighted by atomic mass is 32.2. The fraction of sp³-hybridized carbons (Fsp3) is 0.947. The van der Waals surface area contributed by atoms with Crippen LogP contribution in [0.25, 0.3) is 0 Å². The Bertz CT molecular complexity index is 483. The van der Waals surface area contributed by atoms with Crippen molar-refractivity contribution in [1.29, 1.82) is 0 Å². The Morgan fingerprint density at radius 2 is 2.08 bits per heavy atom. The summed E-state index contributed by atoms with van der Waals surface area (Å²) in [7, 11) is 0. The van der Waals surface area contributed by atoms with Crippen LogP contribution in [0.4, 0.5) is 0 Å². The molecule has 2 saturated carbocycles. The number of fused-ring (bicyclic) bond motifs is 2. The highest BCUT2D eigenvalue weighted by molar-refractivity contribution is 8.00. The van der Waals surface area contributed by atoms with Gasteiger partial charge in [0.05, 0.1) is 12.6 Å². The maximum Gasteiger partial charge on any atom is 0.191 e. The molecule has 2 N–H and O–H groups in total. The van der Waals surface area contributed by atoms with Crippen molar-refractivity contribution in [2.45, 2.75) is 75.7 Å². The lowest BCUT2D eigenvalue weighted by Gasteiger charge is -2.57. The third-order valence-electron chi connectivity index (χ3n) is 6.79. The number of nitrogens with one attached hydrogen (secondary N) is 2. The van der Waals surface area contributed by atoms with E-state index in [1.165, 1.54) is 50.7 Å². The predicted molar refractivity (Wildman–Crippen MR) is 102 cm³/mol. The van der Waals surface area contributed by atoms with E-state index >= 15 is 0 Å². The number of ether oxygens (including phenoxy) is 1. The van der Waals surface area contributed by atoms with Gasteiger partial charge in [-0.3, -0.25) is 4.99 Å². The molecule has 0 aromatic carbocycles. The second kappa shape index (κ2) is 6.71. The molecule has 2 aliphatic heterocycles. The van der Waals surface area contributed by atoms with Crippen LogP contribution < -0.4 is 10.6 Å². The Balaban J connectivity index is 1.46. The number of thioether (sulfide) groups is 1. The average molecular weight is 352 g/mol. The van der Waals surface area contributed by atoms with E-state index in [0.717, 1.165) is 25.7 Å². The molecule has 136 valence electrons. The molecule has 24 heavy (non-hydrogen) atoms. The molecule has 4 atom stereocenters. The predicted octanol–water partition coefficient (Wildman–Crippen LogP) is 3.17. The first-order valence-corrected chi connectivity index (χ1v) is 11.0. The number of hydrogen-bond donors (Lipinski definition) is 2. The van der Waals surface area contributed by atoms with Crippen molar-refractivity contribution >= 4 is 17.7 Å². The zero-order valence-corrected chi connectivity index (χ0v) is 16.1. The summed E-state index contributed by atoms with van der Waals surface area (Å²) in [5.74, 6) is 3.03. The van der Waals surface area contributed by atoms with Crippen LogP contribution in [-0.4, -0.2) is 48.3 Å². The summed E-state index contributed by atoms with van der Waals surface area (Å²) in [5.41, 5.74) is 0.392. The SMILES string of the molecule is CCNC(=NCC1(C)CCCS1)NC1C2CCOC2C12CCCC2. The fourth-order valence-corrected chi connectivity index (χ4v) is 6.81. The van der Waals surface area contributed by atoms with Crippen LogP contribution in [0.15, 0.2) is 4.99 Å². The number of rotatable bonds is 4. The molecule has 4 aliphatic rings. The number of aliphatic imine (C=N–C) groups is 1. The molecule has 4 rings (SSSR count). The van der Waals surface area contributed by atoms with Gasteiger partial charge in [0.1, 0.15) is 0 Å². The molecular formula is C19H33N3OS. The summed E-state index contributed by atoms with van der Waals surface area (Å²) in [5, 5.41) is 7.35. The lowest BCUT2D eigenvalue weighted by Crippen LogP contribution is -2.69. The maximum absolute atomic E-state index is 6.12. The molecule has 1 spiro atoms. The Kier molecular flexibility index (Phi) is 4.76. The summed E-state index contributed by atoms with van der Waals surface area (Å²) in [6.45, 7) is 7.35. The van der Waals surface area contributed by atoms with Gasteiger partial charge in [-0.25, -0.2) is 0 Å². The van der Waals surface area contributed by atoms with Crippen molar-refractivity contribution in [3.8, 4) is 0 Å². The van der Waals surface area contributed by atoms with Crippen LogP contribution in [0, 0.1) is 11.3 Å². The molecule has 5 heteroatoms. The summed E-state index contributed by atoms with van der Waals surface area (Å²) in [6, 6.07) is 0.564. The van der Waals surface area contributed by atoms with Gasteiger partial charge < -0.3 is 15.4 Å². The van der Waals surface area contributed by atoms with Gasteiger partial charge in [0.2, 0.25) is 0 Å². The smallest absolute Gasteiger partial charge is 0.191 e. The largest absolute Gasteiger partial charge is 0.377 e. The van der Waals surface area contributed by atoms with Crippen molar-refractivity contribution in [2.75, 3.05) is 25.4 Å². The molecule has 2 saturated heterocycles. The van der Waals surface area contributed by atoms with E-state index in [1.807, 2.05) is 0 Å². The molecule has 0 radical (unpaired) electrons. The van der Waals surface area contributed by atoms with Gasteiger partial charge in [-0.1, -0.05) is 12.8 Å². The van der Waals surface area contributed by atoms with Crippen molar-refractivity contribution < 1.29 is 4.74 Å². The third kappa shape index (κ3) is 2.86. The minimum absolute atomic E-state index is 0.339. The van der Waals surface area contributed by atoms with Gasteiger partial charge in [0.25, 0.3) is 0 Å². The minimum atomic E-state index is 0.339. The minimum Gasteiger partial charge on any atom is -0.377 e. The highest BCUT2D eigenvalue weighted by Gasteiger charge is 2.65. The maximum atomic E-state index is 6.12. The Morgan fingerprint density at radius 3 is 2.79 bits per heavy atom. The van der Waals surface area contributed by atoms with E-state index in [4.69, 9.17) is 9.73 Å². The van der Waals surface area contributed by atoms with Crippen LogP contribution in [0.1, 0.15) is 58.8 Å². The van der Waals surface area contributed by atoms with Crippen LogP contribution in [0.2, 0.25) is 0 Å². The first-order chi connectivity index (χ1) is 11.7. The molecule has 0 amide bonds. The van der Waals surface area contributed by atoms with Crippen LogP contribution in [0.3, 0.4) is 0 Å². The zero-order chi connectivity index (χ0) is 16.6. The van der Waals surface area contributed by atoms with E-state index in [0.29, 0.717) is 28.2 Å². The summed E-state index contributed by atoms with van der Waals surface area (Å²) in [4.78, 5) is 4.99. The molecule has 0 aromatic rings. The molecule has 0 aromatic heterocycles. The monoisotopic (exact) mass is 351 g/mol. The molecule has 2 heterocycles. The Labute approximate surface area is 151 Å².